The van der Waals surface area contributed by atoms with Crippen LogP contribution in [0.2, 0.25) is 0 Å². The van der Waals surface area contributed by atoms with Crippen LogP contribution in [0.5, 0.6) is 5.75 Å². The van der Waals surface area contributed by atoms with Gasteiger partial charge in [-0.25, -0.2) is 9.59 Å². The van der Waals surface area contributed by atoms with Gasteiger partial charge in [0.1, 0.15) is 11.4 Å². The predicted octanol–water partition coefficient (Wildman–Crippen LogP) is 2.68. The van der Waals surface area contributed by atoms with Crippen LogP contribution in [0, 0.1) is 0 Å². The molecule has 0 fully saturated rings. The minimum atomic E-state index is -5.16. The second kappa shape index (κ2) is 7.71. The molecule has 0 saturated heterocycles. The summed E-state index contributed by atoms with van der Waals surface area (Å²) in [5.41, 5.74) is 0.243. The van der Waals surface area contributed by atoms with Gasteiger partial charge in [-0.05, 0) is 57.4 Å². The number of hydrogen-bond acceptors (Lipinski definition) is 7. The Hall–Kier alpha value is -2.36. The van der Waals surface area contributed by atoms with Crippen molar-refractivity contribution in [2.24, 2.45) is 0 Å². The Morgan fingerprint density at radius 2 is 1.96 bits per heavy atom. The minimum absolute atomic E-state index is 0.119. The van der Waals surface area contributed by atoms with Crippen molar-refractivity contribution in [1.82, 2.24) is 4.90 Å². The quantitative estimate of drug-likeness (QED) is 0.563. The van der Waals surface area contributed by atoms with Crippen molar-refractivity contribution in [1.29, 1.82) is 0 Å². The molecule has 10 heteroatoms. The molecule has 150 valence electrons. The molecule has 1 heterocycles. The molecule has 8 nitrogen and oxygen atoms in total. The van der Waals surface area contributed by atoms with Crippen LogP contribution in [0.4, 0.5) is 8.68 Å². The topological polar surface area (TPSA) is 99.2 Å². The van der Waals surface area contributed by atoms with Crippen LogP contribution < -0.4 is 4.18 Å². The maximum absolute atomic E-state index is 12.7. The maximum Gasteiger partial charge on any atom is 0.488 e. The number of esters is 1. The number of carbonyl (C=O) groups excluding carboxylic acids is 2. The zero-order chi connectivity index (χ0) is 20.4. The van der Waals surface area contributed by atoms with Gasteiger partial charge in [-0.2, -0.15) is 8.42 Å². The first kappa shape index (κ1) is 20.9. The fourth-order valence-corrected chi connectivity index (χ4v) is 3.10. The highest BCUT2D eigenvalue weighted by Gasteiger charge is 2.39. The maximum atomic E-state index is 12.7. The van der Waals surface area contributed by atoms with Crippen molar-refractivity contribution in [3.05, 3.63) is 29.3 Å². The van der Waals surface area contributed by atoms with Crippen molar-refractivity contribution >= 4 is 22.6 Å². The fourth-order valence-electron chi connectivity index (χ4n) is 2.76. The lowest BCUT2D eigenvalue weighted by molar-refractivity contribution is -0.150. The predicted molar refractivity (Wildman–Crippen MR) is 93.1 cm³/mol. The monoisotopic (exact) mass is 403 g/mol. The normalized spacial score (nSPS) is 17.1. The second-order valence-electron chi connectivity index (χ2n) is 6.92. The molecule has 1 unspecified atom stereocenters. The van der Waals surface area contributed by atoms with E-state index in [2.05, 4.69) is 4.18 Å². The number of hydrogen-bond donors (Lipinski definition) is 0. The zero-order valence-electron chi connectivity index (χ0n) is 15.5. The molecule has 2 rings (SSSR count). The van der Waals surface area contributed by atoms with E-state index in [0.717, 1.165) is 0 Å². The first-order valence-electron chi connectivity index (χ1n) is 8.34. The highest BCUT2D eigenvalue weighted by atomic mass is 32.3. The van der Waals surface area contributed by atoms with E-state index in [1.165, 1.54) is 23.1 Å². The molecule has 0 aliphatic carbocycles. The largest absolute Gasteiger partial charge is 0.488 e. The van der Waals surface area contributed by atoms with E-state index < -0.39 is 34.2 Å². The summed E-state index contributed by atoms with van der Waals surface area (Å²) in [5.74, 6) is -0.860. The van der Waals surface area contributed by atoms with E-state index in [9.17, 15) is 21.9 Å². The molecule has 1 aromatic carbocycles. The Morgan fingerprint density at radius 1 is 1.30 bits per heavy atom. The van der Waals surface area contributed by atoms with Gasteiger partial charge in [0.2, 0.25) is 0 Å². The minimum Gasteiger partial charge on any atom is -0.464 e. The molecule has 0 saturated carbocycles. The summed E-state index contributed by atoms with van der Waals surface area (Å²) in [6.07, 6.45) is -0.369. The van der Waals surface area contributed by atoms with Crippen LogP contribution >= 0.6 is 0 Å². The van der Waals surface area contributed by atoms with Gasteiger partial charge in [-0.1, -0.05) is 9.95 Å². The van der Waals surface area contributed by atoms with Crippen molar-refractivity contribution in [2.45, 2.75) is 45.8 Å². The summed E-state index contributed by atoms with van der Waals surface area (Å²) in [6, 6.07) is 2.89. The number of nitrogens with zero attached hydrogens (tertiary/aromatic N) is 1. The summed E-state index contributed by atoms with van der Waals surface area (Å²) in [5, 5.41) is 0. The number of benzene rings is 1. The molecule has 0 N–H and O–H groups in total. The molecular formula is C17H22FNO7S. The summed E-state index contributed by atoms with van der Waals surface area (Å²) >= 11 is 0. The van der Waals surface area contributed by atoms with E-state index in [-0.39, 0.29) is 18.9 Å². The van der Waals surface area contributed by atoms with Crippen molar-refractivity contribution in [2.75, 3.05) is 13.2 Å². The van der Waals surface area contributed by atoms with Crippen LogP contribution in [-0.4, -0.2) is 44.1 Å². The van der Waals surface area contributed by atoms with Crippen LogP contribution in [0.3, 0.4) is 0 Å². The van der Waals surface area contributed by atoms with E-state index in [0.29, 0.717) is 17.5 Å². The summed E-state index contributed by atoms with van der Waals surface area (Å²) in [6.45, 7) is 7.03. The number of amides is 1. The summed E-state index contributed by atoms with van der Waals surface area (Å²) in [7, 11) is -5.16. The van der Waals surface area contributed by atoms with E-state index in [4.69, 9.17) is 9.47 Å². The molecule has 1 aliphatic rings. The van der Waals surface area contributed by atoms with Gasteiger partial charge in [0, 0.05) is 6.54 Å². The van der Waals surface area contributed by atoms with Crippen LogP contribution in [0.25, 0.3) is 0 Å². The van der Waals surface area contributed by atoms with E-state index >= 15 is 0 Å². The van der Waals surface area contributed by atoms with Gasteiger partial charge in [0.05, 0.1) is 6.61 Å². The molecule has 0 aromatic heterocycles. The molecule has 1 aliphatic heterocycles. The fraction of sp³-hybridized carbons (Fsp3) is 0.529. The van der Waals surface area contributed by atoms with Gasteiger partial charge in [-0.15, -0.1) is 0 Å². The third-order valence-electron chi connectivity index (χ3n) is 3.68. The van der Waals surface area contributed by atoms with Gasteiger partial charge in [0.15, 0.2) is 6.04 Å². The van der Waals surface area contributed by atoms with E-state index in [1.807, 2.05) is 0 Å². The Kier molecular flexibility index (Phi) is 5.98. The molecule has 1 amide bonds. The smallest absolute Gasteiger partial charge is 0.464 e. The first-order valence-corrected chi connectivity index (χ1v) is 9.65. The lowest BCUT2D eigenvalue weighted by Crippen LogP contribution is -2.46. The van der Waals surface area contributed by atoms with E-state index in [1.54, 1.807) is 27.7 Å². The highest BCUT2D eigenvalue weighted by Crippen LogP contribution is 2.34. The van der Waals surface area contributed by atoms with Crippen LogP contribution in [-0.2, 0) is 31.2 Å². The van der Waals surface area contributed by atoms with Gasteiger partial charge in [-0.3, -0.25) is 4.90 Å². The number of fused-ring (bicyclic) bond motifs is 1. The van der Waals surface area contributed by atoms with Crippen molar-refractivity contribution in [3.8, 4) is 5.75 Å². The van der Waals surface area contributed by atoms with Crippen molar-refractivity contribution < 1.29 is 35.5 Å². The Balaban J connectivity index is 2.40. The molecular weight excluding hydrogens is 381 g/mol. The number of ether oxygens (including phenoxy) is 2. The molecule has 0 bridgehead atoms. The average molecular weight is 403 g/mol. The Morgan fingerprint density at radius 3 is 2.52 bits per heavy atom. The number of carbonyl (C=O) groups is 2. The third kappa shape index (κ3) is 5.56. The molecule has 0 spiro atoms. The summed E-state index contributed by atoms with van der Waals surface area (Å²) < 4.78 is 48.8. The third-order valence-corrected chi connectivity index (χ3v) is 4.07. The molecule has 1 atom stereocenters. The van der Waals surface area contributed by atoms with Gasteiger partial charge in [0.25, 0.3) is 0 Å². The zero-order valence-corrected chi connectivity index (χ0v) is 16.3. The number of halogens is 1. The SMILES string of the molecule is CCOC(=O)C1c2ccc(OS(=O)(=O)F)cc2CCN1C(=O)OC(C)(C)C. The molecule has 0 radical (unpaired) electrons. The lowest BCUT2D eigenvalue weighted by atomic mass is 9.92. The first-order chi connectivity index (χ1) is 12.4. The second-order valence-corrected chi connectivity index (χ2v) is 7.87. The summed E-state index contributed by atoms with van der Waals surface area (Å²) in [4.78, 5) is 26.3. The highest BCUT2D eigenvalue weighted by molar-refractivity contribution is 7.81. The van der Waals surface area contributed by atoms with Gasteiger partial charge < -0.3 is 13.7 Å². The van der Waals surface area contributed by atoms with Gasteiger partial charge >= 0.3 is 22.6 Å². The van der Waals surface area contributed by atoms with Crippen molar-refractivity contribution in [3.63, 3.8) is 0 Å². The molecule has 27 heavy (non-hydrogen) atoms. The Bertz CT molecular complexity index is 832. The van der Waals surface area contributed by atoms with Crippen LogP contribution in [0.15, 0.2) is 18.2 Å². The average Bonchev–Trinajstić information content (AvgIpc) is 2.50. The molecule has 1 aromatic rings. The lowest BCUT2D eigenvalue weighted by Gasteiger charge is -2.36. The Labute approximate surface area is 157 Å². The standard InChI is InChI=1S/C17H22FNO7S/c1-5-24-15(20)14-13-7-6-12(26-27(18,22)23)10-11(13)8-9-19(14)16(21)25-17(2,3)4/h6-7,10,14H,5,8-9H2,1-4H3. The number of rotatable bonds is 4. The van der Waals surface area contributed by atoms with Crippen LogP contribution in [0.1, 0.15) is 44.9 Å².